The first kappa shape index (κ1) is 8.93. The lowest BCUT2D eigenvalue weighted by Crippen LogP contribution is -1.99. The van der Waals surface area contributed by atoms with E-state index in [-0.39, 0.29) is 11.5 Å². The zero-order chi connectivity index (χ0) is 8.97. The normalized spacial score (nSPS) is 9.67. The Kier molecular flexibility index (Phi) is 2.99. The van der Waals surface area contributed by atoms with E-state index in [9.17, 15) is 4.79 Å². The van der Waals surface area contributed by atoms with Gasteiger partial charge < -0.3 is 5.11 Å². The van der Waals surface area contributed by atoms with E-state index in [2.05, 4.69) is 0 Å². The molecule has 63 valence electrons. The fourth-order valence-corrected chi connectivity index (χ4v) is 1.40. The molecule has 2 N–H and O–H groups in total. The quantitative estimate of drug-likeness (QED) is 0.716. The number of aromatic hydroxyl groups is 1. The minimum atomic E-state index is -0.608. The molecule has 1 radical (unpaired) electrons. The summed E-state index contributed by atoms with van der Waals surface area (Å²) in [7, 11) is 0. The topological polar surface area (TPSA) is 61.1 Å². The minimum absolute atomic E-state index is 0.128. The molecule has 0 aliphatic heterocycles. The lowest BCUT2D eigenvalue weighted by molar-refractivity contribution is -0.116. The Morgan fingerprint density at radius 2 is 2.33 bits per heavy atom. The Balaban J connectivity index is 2.57. The Bertz CT molecular complexity index is 288. The van der Waals surface area contributed by atoms with E-state index in [0.717, 1.165) is 4.90 Å². The zero-order valence-corrected chi connectivity index (χ0v) is 7.10. The van der Waals surface area contributed by atoms with E-state index in [1.165, 1.54) is 11.8 Å². The molecule has 0 spiro atoms. The monoisotopic (exact) mass is 182 g/mol. The van der Waals surface area contributed by atoms with Crippen molar-refractivity contribution in [1.29, 1.82) is 0 Å². The third kappa shape index (κ3) is 2.84. The molecular weight excluding hydrogens is 174 g/mol. The molecule has 0 saturated heterocycles. The van der Waals surface area contributed by atoms with Gasteiger partial charge in [-0.25, -0.2) is 0 Å². The maximum atomic E-state index is 10.3. The summed E-state index contributed by atoms with van der Waals surface area (Å²) in [4.78, 5) is 11.1. The first-order valence-electron chi connectivity index (χ1n) is 3.35. The molecule has 4 heteroatoms. The molecular formula is C8H8NO2S. The molecule has 12 heavy (non-hydrogen) atoms. The number of hydrogen-bond acceptors (Lipinski definition) is 3. The van der Waals surface area contributed by atoms with Gasteiger partial charge in [-0.1, -0.05) is 6.07 Å². The highest BCUT2D eigenvalue weighted by molar-refractivity contribution is 8.00. The van der Waals surface area contributed by atoms with E-state index in [1.807, 2.05) is 0 Å². The van der Waals surface area contributed by atoms with Gasteiger partial charge in [0.2, 0.25) is 5.91 Å². The maximum absolute atomic E-state index is 10.3. The van der Waals surface area contributed by atoms with Crippen LogP contribution in [0.2, 0.25) is 0 Å². The van der Waals surface area contributed by atoms with Gasteiger partial charge >= 0.3 is 0 Å². The summed E-state index contributed by atoms with van der Waals surface area (Å²) in [6, 6.07) is 6.61. The van der Waals surface area contributed by atoms with Gasteiger partial charge in [-0.15, -0.1) is 11.8 Å². The number of phenolic OH excluding ortho intramolecular Hbond substituents is 1. The lowest BCUT2D eigenvalue weighted by Gasteiger charge is -1.97. The largest absolute Gasteiger partial charge is 0.508 e. The SMILES string of the molecule is [NH]C(=O)CSc1cccc(O)c1. The lowest BCUT2D eigenvalue weighted by atomic mass is 10.3. The van der Waals surface area contributed by atoms with Crippen LogP contribution in [0.5, 0.6) is 5.75 Å². The molecule has 0 atom stereocenters. The van der Waals surface area contributed by atoms with Gasteiger partial charge in [0.25, 0.3) is 0 Å². The smallest absolute Gasteiger partial charge is 0.248 e. The van der Waals surface area contributed by atoms with Gasteiger partial charge in [0.15, 0.2) is 0 Å². The van der Waals surface area contributed by atoms with E-state index in [4.69, 9.17) is 10.8 Å². The van der Waals surface area contributed by atoms with Gasteiger partial charge in [0, 0.05) is 4.90 Å². The maximum Gasteiger partial charge on any atom is 0.248 e. The first-order chi connectivity index (χ1) is 5.68. The van der Waals surface area contributed by atoms with E-state index >= 15 is 0 Å². The van der Waals surface area contributed by atoms with Crippen molar-refractivity contribution >= 4 is 17.7 Å². The third-order valence-corrected chi connectivity index (χ3v) is 2.18. The van der Waals surface area contributed by atoms with Crippen LogP contribution in [0.15, 0.2) is 29.2 Å². The molecule has 1 aromatic rings. The predicted octanol–water partition coefficient (Wildman–Crippen LogP) is 1.29. The van der Waals surface area contributed by atoms with E-state index in [1.54, 1.807) is 24.3 Å². The van der Waals surface area contributed by atoms with Gasteiger partial charge in [-0.3, -0.25) is 10.5 Å². The van der Waals surface area contributed by atoms with Crippen LogP contribution in [0.3, 0.4) is 0 Å². The number of thioether (sulfide) groups is 1. The third-order valence-electron chi connectivity index (χ3n) is 1.19. The summed E-state index contributed by atoms with van der Waals surface area (Å²) in [5, 5.41) is 9.03. The molecule has 1 amide bonds. The summed E-state index contributed by atoms with van der Waals surface area (Å²) in [6.07, 6.45) is 0. The van der Waals surface area contributed by atoms with Gasteiger partial charge in [0.05, 0.1) is 5.75 Å². The molecule has 0 aliphatic rings. The Morgan fingerprint density at radius 3 is 2.92 bits per heavy atom. The molecule has 0 aromatic heterocycles. The first-order valence-corrected chi connectivity index (χ1v) is 4.33. The van der Waals surface area contributed by atoms with Crippen molar-refractivity contribution in [1.82, 2.24) is 5.73 Å². The second-order valence-electron chi connectivity index (χ2n) is 2.21. The van der Waals surface area contributed by atoms with Crippen LogP contribution < -0.4 is 5.73 Å². The number of benzene rings is 1. The van der Waals surface area contributed by atoms with Gasteiger partial charge in [-0.2, -0.15) is 0 Å². The van der Waals surface area contributed by atoms with Gasteiger partial charge in [-0.05, 0) is 18.2 Å². The molecule has 0 heterocycles. The molecule has 1 aromatic carbocycles. The van der Waals surface area contributed by atoms with Crippen molar-refractivity contribution in [2.45, 2.75) is 4.90 Å². The highest BCUT2D eigenvalue weighted by Crippen LogP contribution is 2.21. The fraction of sp³-hybridized carbons (Fsp3) is 0.125. The molecule has 0 fully saturated rings. The second kappa shape index (κ2) is 4.01. The van der Waals surface area contributed by atoms with Crippen LogP contribution in [0.25, 0.3) is 0 Å². The van der Waals surface area contributed by atoms with Crippen LogP contribution in [-0.2, 0) is 4.79 Å². The Labute approximate surface area is 74.6 Å². The minimum Gasteiger partial charge on any atom is -0.508 e. The van der Waals surface area contributed by atoms with Crippen molar-refractivity contribution in [3.05, 3.63) is 24.3 Å². The molecule has 3 nitrogen and oxygen atoms in total. The second-order valence-corrected chi connectivity index (χ2v) is 3.26. The summed E-state index contributed by atoms with van der Waals surface area (Å²) < 4.78 is 0. The van der Waals surface area contributed by atoms with Crippen LogP contribution in [0.1, 0.15) is 0 Å². The molecule has 0 aliphatic carbocycles. The number of phenols is 1. The molecule has 1 rings (SSSR count). The van der Waals surface area contributed by atoms with E-state index < -0.39 is 5.91 Å². The van der Waals surface area contributed by atoms with E-state index in [0.29, 0.717) is 0 Å². The predicted molar refractivity (Wildman–Crippen MR) is 46.9 cm³/mol. The summed E-state index contributed by atoms with van der Waals surface area (Å²) >= 11 is 1.25. The highest BCUT2D eigenvalue weighted by Gasteiger charge is 1.98. The number of rotatable bonds is 3. The van der Waals surface area contributed by atoms with Crippen LogP contribution >= 0.6 is 11.8 Å². The number of hydrogen-bond donors (Lipinski definition) is 1. The van der Waals surface area contributed by atoms with Gasteiger partial charge in [0.1, 0.15) is 5.75 Å². The molecule has 0 saturated carbocycles. The number of nitrogens with one attached hydrogen (secondary N) is 1. The standard InChI is InChI=1S/C8H8NO2S/c9-8(11)5-12-7-3-1-2-6(10)4-7/h1-4,9-10H,5H2. The molecule has 0 bridgehead atoms. The molecule has 0 unspecified atom stereocenters. The average Bonchev–Trinajstić information content (AvgIpc) is 2.01. The van der Waals surface area contributed by atoms with Crippen molar-refractivity contribution in [3.63, 3.8) is 0 Å². The Hall–Kier alpha value is -1.16. The number of amides is 1. The van der Waals surface area contributed by atoms with Crippen molar-refractivity contribution in [3.8, 4) is 5.75 Å². The van der Waals surface area contributed by atoms with Crippen molar-refractivity contribution in [2.75, 3.05) is 5.75 Å². The zero-order valence-electron chi connectivity index (χ0n) is 6.28. The number of carbonyl (C=O) groups excluding carboxylic acids is 1. The van der Waals surface area contributed by atoms with Crippen LogP contribution in [0, 0.1) is 0 Å². The number of carbonyl (C=O) groups is 1. The van der Waals surface area contributed by atoms with Crippen molar-refractivity contribution < 1.29 is 9.90 Å². The Morgan fingerprint density at radius 1 is 1.58 bits per heavy atom. The fourth-order valence-electron chi connectivity index (χ4n) is 0.722. The summed E-state index contributed by atoms with van der Waals surface area (Å²) in [6.45, 7) is 0. The highest BCUT2D eigenvalue weighted by atomic mass is 32.2. The van der Waals surface area contributed by atoms with Crippen molar-refractivity contribution in [2.24, 2.45) is 0 Å². The summed E-state index contributed by atoms with van der Waals surface area (Å²) in [5.74, 6) is -0.301. The van der Waals surface area contributed by atoms with Crippen LogP contribution in [0.4, 0.5) is 0 Å². The van der Waals surface area contributed by atoms with Crippen LogP contribution in [-0.4, -0.2) is 16.8 Å². The summed E-state index contributed by atoms with van der Waals surface area (Å²) in [5.41, 5.74) is 6.66. The average molecular weight is 182 g/mol.